The summed E-state index contributed by atoms with van der Waals surface area (Å²) < 4.78 is 0. The van der Waals surface area contributed by atoms with Crippen molar-refractivity contribution in [2.45, 2.75) is 19.3 Å². The molecular formula is C16H15ClO2. The van der Waals surface area contributed by atoms with Crippen LogP contribution >= 0.6 is 11.6 Å². The molecule has 0 radical (unpaired) electrons. The van der Waals surface area contributed by atoms with Crippen molar-refractivity contribution in [2.24, 2.45) is 0 Å². The summed E-state index contributed by atoms with van der Waals surface area (Å²) in [6, 6.07) is 15.7. The molecule has 0 aliphatic rings. The number of carboxylic acid groups (broad SMARTS) is 1. The van der Waals surface area contributed by atoms with Crippen molar-refractivity contribution < 1.29 is 9.90 Å². The van der Waals surface area contributed by atoms with Gasteiger partial charge in [-0.2, -0.15) is 0 Å². The molecule has 0 aromatic heterocycles. The fourth-order valence-corrected chi connectivity index (χ4v) is 2.16. The third kappa shape index (κ3) is 4.11. The van der Waals surface area contributed by atoms with Crippen molar-refractivity contribution in [3.05, 3.63) is 70.2 Å². The van der Waals surface area contributed by atoms with Gasteiger partial charge in [0.05, 0.1) is 0 Å². The number of aliphatic carboxylic acids is 1. The van der Waals surface area contributed by atoms with Gasteiger partial charge < -0.3 is 5.11 Å². The van der Waals surface area contributed by atoms with E-state index in [-0.39, 0.29) is 6.42 Å². The molecule has 0 heterocycles. The van der Waals surface area contributed by atoms with Gasteiger partial charge in [-0.05, 0) is 41.7 Å². The Morgan fingerprint density at radius 3 is 2.26 bits per heavy atom. The van der Waals surface area contributed by atoms with Crippen molar-refractivity contribution in [2.75, 3.05) is 0 Å². The predicted molar refractivity (Wildman–Crippen MR) is 76.7 cm³/mol. The number of hydrogen-bond donors (Lipinski definition) is 1. The topological polar surface area (TPSA) is 37.3 Å². The van der Waals surface area contributed by atoms with Gasteiger partial charge in [-0.3, -0.25) is 4.79 Å². The Morgan fingerprint density at radius 1 is 1.00 bits per heavy atom. The molecule has 0 fully saturated rings. The minimum atomic E-state index is -0.763. The monoisotopic (exact) mass is 274 g/mol. The van der Waals surface area contributed by atoms with E-state index < -0.39 is 5.97 Å². The first-order valence-electron chi connectivity index (χ1n) is 6.18. The van der Waals surface area contributed by atoms with Gasteiger partial charge >= 0.3 is 5.97 Å². The predicted octanol–water partition coefficient (Wildman–Crippen LogP) is 3.95. The van der Waals surface area contributed by atoms with Gasteiger partial charge in [0, 0.05) is 11.4 Å². The van der Waals surface area contributed by atoms with Crippen molar-refractivity contribution in [3.8, 4) is 0 Å². The van der Waals surface area contributed by atoms with E-state index in [1.807, 2.05) is 48.5 Å². The molecule has 1 N–H and O–H groups in total. The van der Waals surface area contributed by atoms with Crippen LogP contribution in [0.3, 0.4) is 0 Å². The molecule has 0 spiro atoms. The highest BCUT2D eigenvalue weighted by Gasteiger charge is 2.05. The summed E-state index contributed by atoms with van der Waals surface area (Å²) in [4.78, 5) is 10.7. The van der Waals surface area contributed by atoms with E-state index in [1.54, 1.807) is 0 Å². The van der Waals surface area contributed by atoms with Crippen LogP contribution in [-0.4, -0.2) is 11.1 Å². The second-order valence-electron chi connectivity index (χ2n) is 4.47. The Kier molecular flexibility index (Phi) is 4.58. The molecular weight excluding hydrogens is 260 g/mol. The molecule has 98 valence electrons. The van der Waals surface area contributed by atoms with Gasteiger partial charge in [0.2, 0.25) is 0 Å². The molecule has 2 aromatic rings. The summed E-state index contributed by atoms with van der Waals surface area (Å²) in [6.45, 7) is 0. The van der Waals surface area contributed by atoms with E-state index in [0.717, 1.165) is 17.0 Å². The molecule has 0 saturated carbocycles. The molecule has 2 rings (SSSR count). The number of carbonyl (C=O) groups is 1. The van der Waals surface area contributed by atoms with Gasteiger partial charge in [0.1, 0.15) is 0 Å². The summed E-state index contributed by atoms with van der Waals surface area (Å²) >= 11 is 5.87. The van der Waals surface area contributed by atoms with Crippen molar-refractivity contribution in [1.82, 2.24) is 0 Å². The van der Waals surface area contributed by atoms with Gasteiger partial charge in [0.15, 0.2) is 0 Å². The Bertz CT molecular complexity index is 561. The van der Waals surface area contributed by atoms with Gasteiger partial charge in [0.25, 0.3) is 0 Å². The molecule has 0 amide bonds. The number of benzene rings is 2. The highest BCUT2D eigenvalue weighted by atomic mass is 35.5. The van der Waals surface area contributed by atoms with E-state index in [2.05, 4.69) is 0 Å². The zero-order valence-corrected chi connectivity index (χ0v) is 11.2. The summed E-state index contributed by atoms with van der Waals surface area (Å²) in [6.07, 6.45) is 1.53. The fraction of sp³-hybridized carbons (Fsp3) is 0.188. The van der Waals surface area contributed by atoms with E-state index in [1.165, 1.54) is 11.1 Å². The number of halogens is 1. The summed E-state index contributed by atoms with van der Waals surface area (Å²) in [7, 11) is 0. The van der Waals surface area contributed by atoms with Crippen LogP contribution in [0.25, 0.3) is 0 Å². The molecule has 0 atom stereocenters. The number of aryl methyl sites for hydroxylation is 1. The van der Waals surface area contributed by atoms with E-state index in [9.17, 15) is 4.79 Å². The van der Waals surface area contributed by atoms with E-state index in [4.69, 9.17) is 16.7 Å². The zero-order valence-electron chi connectivity index (χ0n) is 10.5. The lowest BCUT2D eigenvalue weighted by Crippen LogP contribution is -2.01. The van der Waals surface area contributed by atoms with Gasteiger partial charge in [-0.1, -0.05) is 48.0 Å². The number of carboxylic acids is 1. The summed E-state index contributed by atoms with van der Waals surface area (Å²) in [5.74, 6) is -0.763. The minimum absolute atomic E-state index is 0.164. The molecule has 0 aliphatic heterocycles. The first kappa shape index (κ1) is 13.6. The SMILES string of the molecule is O=C(O)CCc1ccccc1Cc1ccc(Cl)cc1. The first-order chi connectivity index (χ1) is 9.15. The van der Waals surface area contributed by atoms with Crippen molar-refractivity contribution in [1.29, 1.82) is 0 Å². The van der Waals surface area contributed by atoms with Crippen LogP contribution in [0.4, 0.5) is 0 Å². The molecule has 0 aliphatic carbocycles. The van der Waals surface area contributed by atoms with Crippen LogP contribution in [-0.2, 0) is 17.6 Å². The molecule has 2 aromatic carbocycles. The summed E-state index contributed by atoms with van der Waals surface area (Å²) in [5.41, 5.74) is 3.44. The molecule has 3 heteroatoms. The maximum absolute atomic E-state index is 10.7. The third-order valence-corrected chi connectivity index (χ3v) is 3.29. The normalized spacial score (nSPS) is 10.4. The highest BCUT2D eigenvalue weighted by molar-refractivity contribution is 6.30. The quantitative estimate of drug-likeness (QED) is 0.896. The van der Waals surface area contributed by atoms with Crippen molar-refractivity contribution >= 4 is 17.6 Å². The van der Waals surface area contributed by atoms with Gasteiger partial charge in [-0.15, -0.1) is 0 Å². The van der Waals surface area contributed by atoms with Crippen LogP contribution in [0.5, 0.6) is 0 Å². The van der Waals surface area contributed by atoms with Crippen molar-refractivity contribution in [3.63, 3.8) is 0 Å². The first-order valence-corrected chi connectivity index (χ1v) is 6.56. The fourth-order valence-electron chi connectivity index (χ4n) is 2.04. The minimum Gasteiger partial charge on any atom is -0.481 e. The summed E-state index contributed by atoms with van der Waals surface area (Å²) in [5, 5.41) is 9.50. The second-order valence-corrected chi connectivity index (χ2v) is 4.90. The van der Waals surface area contributed by atoms with Crippen LogP contribution in [0, 0.1) is 0 Å². The number of rotatable bonds is 5. The van der Waals surface area contributed by atoms with Gasteiger partial charge in [-0.25, -0.2) is 0 Å². The lowest BCUT2D eigenvalue weighted by molar-refractivity contribution is -0.136. The molecule has 2 nitrogen and oxygen atoms in total. The second kappa shape index (κ2) is 6.39. The molecule has 19 heavy (non-hydrogen) atoms. The van der Waals surface area contributed by atoms with Crippen LogP contribution < -0.4 is 0 Å². The smallest absolute Gasteiger partial charge is 0.303 e. The molecule has 0 unspecified atom stereocenters. The van der Waals surface area contributed by atoms with Crippen LogP contribution in [0.15, 0.2) is 48.5 Å². The average Bonchev–Trinajstić information content (AvgIpc) is 2.40. The Hall–Kier alpha value is -1.80. The number of hydrogen-bond acceptors (Lipinski definition) is 1. The Balaban J connectivity index is 2.15. The Labute approximate surface area is 117 Å². The highest BCUT2D eigenvalue weighted by Crippen LogP contribution is 2.17. The molecule has 0 saturated heterocycles. The lowest BCUT2D eigenvalue weighted by Gasteiger charge is -2.08. The Morgan fingerprint density at radius 2 is 1.63 bits per heavy atom. The molecule has 0 bridgehead atoms. The van der Waals surface area contributed by atoms with Crippen LogP contribution in [0.2, 0.25) is 5.02 Å². The standard InChI is InChI=1S/C16H15ClO2/c17-15-8-5-12(6-9-15)11-14-4-2-1-3-13(14)7-10-16(18)19/h1-6,8-9H,7,10-11H2,(H,18,19). The van der Waals surface area contributed by atoms with Crippen LogP contribution in [0.1, 0.15) is 23.1 Å². The zero-order chi connectivity index (χ0) is 13.7. The maximum atomic E-state index is 10.7. The lowest BCUT2D eigenvalue weighted by atomic mass is 9.97. The maximum Gasteiger partial charge on any atom is 0.303 e. The van der Waals surface area contributed by atoms with E-state index in [0.29, 0.717) is 6.42 Å². The third-order valence-electron chi connectivity index (χ3n) is 3.03. The van der Waals surface area contributed by atoms with E-state index >= 15 is 0 Å². The largest absolute Gasteiger partial charge is 0.481 e. The average molecular weight is 275 g/mol.